The van der Waals surface area contributed by atoms with Gasteiger partial charge in [0.25, 0.3) is 5.91 Å². The summed E-state index contributed by atoms with van der Waals surface area (Å²) >= 11 is 5.74. The summed E-state index contributed by atoms with van der Waals surface area (Å²) < 4.78 is 28.9. The number of alkyl halides is 2. The van der Waals surface area contributed by atoms with Crippen molar-refractivity contribution in [2.24, 2.45) is 0 Å². The molecule has 0 aromatic heterocycles. The van der Waals surface area contributed by atoms with Gasteiger partial charge >= 0.3 is 12.6 Å². The highest BCUT2D eigenvalue weighted by Crippen LogP contribution is 2.24. The molecule has 22 heavy (non-hydrogen) atoms. The average Bonchev–Trinajstić information content (AvgIpc) is 2.44. The molecule has 0 radical (unpaired) electrons. The van der Waals surface area contributed by atoms with E-state index in [0.29, 0.717) is 6.42 Å². The van der Waals surface area contributed by atoms with Crippen LogP contribution in [-0.4, -0.2) is 29.6 Å². The molecule has 0 aliphatic heterocycles. The van der Waals surface area contributed by atoms with Crippen molar-refractivity contribution in [2.45, 2.75) is 38.8 Å². The third-order valence-corrected chi connectivity index (χ3v) is 3.09. The quantitative estimate of drug-likeness (QED) is 0.764. The van der Waals surface area contributed by atoms with Crippen molar-refractivity contribution in [1.29, 1.82) is 0 Å². The molecule has 0 saturated heterocycles. The largest absolute Gasteiger partial charge is 0.480 e. The van der Waals surface area contributed by atoms with Crippen molar-refractivity contribution in [3.63, 3.8) is 0 Å². The van der Waals surface area contributed by atoms with E-state index in [1.807, 2.05) is 6.92 Å². The van der Waals surface area contributed by atoms with Crippen LogP contribution in [0.25, 0.3) is 0 Å². The number of rotatable bonds is 8. The van der Waals surface area contributed by atoms with Crippen molar-refractivity contribution in [3.05, 3.63) is 28.8 Å². The summed E-state index contributed by atoms with van der Waals surface area (Å²) in [5, 5.41) is 11.5. The van der Waals surface area contributed by atoms with Crippen LogP contribution in [0.1, 0.15) is 36.5 Å². The highest BCUT2D eigenvalue weighted by molar-refractivity contribution is 6.31. The van der Waals surface area contributed by atoms with E-state index >= 15 is 0 Å². The minimum Gasteiger partial charge on any atom is -0.480 e. The van der Waals surface area contributed by atoms with E-state index in [2.05, 4.69) is 10.1 Å². The maximum atomic E-state index is 12.3. The average molecular weight is 336 g/mol. The monoisotopic (exact) mass is 335 g/mol. The molecule has 0 heterocycles. The molecule has 0 saturated carbocycles. The molecular formula is C14H16ClF2NO4. The van der Waals surface area contributed by atoms with Crippen LogP contribution in [0.15, 0.2) is 18.2 Å². The van der Waals surface area contributed by atoms with E-state index in [4.69, 9.17) is 16.7 Å². The van der Waals surface area contributed by atoms with Crippen LogP contribution in [0.3, 0.4) is 0 Å². The molecule has 1 rings (SSSR count). The number of carbonyl (C=O) groups excluding carboxylic acids is 1. The molecule has 1 aromatic carbocycles. The number of hydrogen-bond donors (Lipinski definition) is 2. The molecular weight excluding hydrogens is 320 g/mol. The molecule has 1 atom stereocenters. The SMILES string of the molecule is CCCCC(NC(=O)c1cc(Cl)ccc1OC(F)F)C(=O)O. The Morgan fingerprint density at radius 1 is 1.41 bits per heavy atom. The van der Waals surface area contributed by atoms with Gasteiger partial charge in [0, 0.05) is 5.02 Å². The first kappa shape index (κ1) is 18.2. The Hall–Kier alpha value is -1.89. The van der Waals surface area contributed by atoms with Crippen LogP contribution in [0, 0.1) is 0 Å². The number of benzene rings is 1. The lowest BCUT2D eigenvalue weighted by Gasteiger charge is -2.16. The van der Waals surface area contributed by atoms with Gasteiger partial charge in [0.15, 0.2) is 0 Å². The number of carboxylic acids is 1. The predicted octanol–water partition coefficient (Wildman–Crippen LogP) is 3.31. The molecule has 122 valence electrons. The first-order chi connectivity index (χ1) is 10.3. The number of ether oxygens (including phenoxy) is 1. The fraction of sp³-hybridized carbons (Fsp3) is 0.429. The third kappa shape index (κ3) is 5.48. The second-order valence-corrected chi connectivity index (χ2v) is 4.96. The molecule has 1 unspecified atom stereocenters. The molecule has 0 aliphatic carbocycles. The number of carboxylic acid groups (broad SMARTS) is 1. The van der Waals surface area contributed by atoms with Crippen molar-refractivity contribution >= 4 is 23.5 Å². The lowest BCUT2D eigenvalue weighted by Crippen LogP contribution is -2.40. The Bertz CT molecular complexity index is 540. The second kappa shape index (κ2) is 8.53. The summed E-state index contributed by atoms with van der Waals surface area (Å²) in [6.07, 6.45) is 1.60. The fourth-order valence-electron chi connectivity index (χ4n) is 1.78. The molecule has 1 amide bonds. The van der Waals surface area contributed by atoms with E-state index in [-0.39, 0.29) is 22.8 Å². The van der Waals surface area contributed by atoms with Gasteiger partial charge in [-0.15, -0.1) is 0 Å². The van der Waals surface area contributed by atoms with Gasteiger partial charge in [-0.3, -0.25) is 4.79 Å². The molecule has 0 bridgehead atoms. The van der Waals surface area contributed by atoms with E-state index in [1.54, 1.807) is 0 Å². The summed E-state index contributed by atoms with van der Waals surface area (Å²) in [6, 6.07) is 2.46. The van der Waals surface area contributed by atoms with Crippen molar-refractivity contribution in [1.82, 2.24) is 5.32 Å². The molecule has 1 aromatic rings. The Morgan fingerprint density at radius 3 is 2.64 bits per heavy atom. The molecule has 5 nitrogen and oxygen atoms in total. The first-order valence-corrected chi connectivity index (χ1v) is 7.01. The minimum absolute atomic E-state index is 0.146. The number of carbonyl (C=O) groups is 2. The Kier molecular flexibility index (Phi) is 7.04. The lowest BCUT2D eigenvalue weighted by molar-refractivity contribution is -0.139. The van der Waals surface area contributed by atoms with Gasteiger partial charge in [0.05, 0.1) is 5.56 Å². The van der Waals surface area contributed by atoms with Gasteiger partial charge in [0.2, 0.25) is 0 Å². The summed E-state index contributed by atoms with van der Waals surface area (Å²) in [5.74, 6) is -2.39. The van der Waals surface area contributed by atoms with Crippen LogP contribution in [0.2, 0.25) is 5.02 Å². The van der Waals surface area contributed by atoms with Crippen LogP contribution < -0.4 is 10.1 Å². The summed E-state index contributed by atoms with van der Waals surface area (Å²) in [7, 11) is 0. The Morgan fingerprint density at radius 2 is 2.09 bits per heavy atom. The number of nitrogens with one attached hydrogen (secondary N) is 1. The Balaban J connectivity index is 2.95. The standard InChI is InChI=1S/C14H16ClF2NO4/c1-2-3-4-10(13(20)21)18-12(19)9-7-8(15)5-6-11(9)22-14(16)17/h5-7,10,14H,2-4H2,1H3,(H,18,19)(H,20,21). The topological polar surface area (TPSA) is 75.6 Å². The van der Waals surface area contributed by atoms with Gasteiger partial charge in [-0.25, -0.2) is 4.79 Å². The second-order valence-electron chi connectivity index (χ2n) is 4.53. The fourth-order valence-corrected chi connectivity index (χ4v) is 1.95. The van der Waals surface area contributed by atoms with Crippen LogP contribution in [-0.2, 0) is 4.79 Å². The van der Waals surface area contributed by atoms with Gasteiger partial charge in [-0.1, -0.05) is 31.4 Å². The van der Waals surface area contributed by atoms with E-state index in [9.17, 15) is 18.4 Å². The number of unbranched alkanes of at least 4 members (excludes halogenated alkanes) is 1. The van der Waals surface area contributed by atoms with Crippen LogP contribution >= 0.6 is 11.6 Å². The first-order valence-electron chi connectivity index (χ1n) is 6.63. The van der Waals surface area contributed by atoms with Crippen LogP contribution in [0.5, 0.6) is 5.75 Å². The van der Waals surface area contributed by atoms with Crippen molar-refractivity contribution < 1.29 is 28.2 Å². The van der Waals surface area contributed by atoms with Crippen molar-refractivity contribution in [3.8, 4) is 5.75 Å². The molecule has 8 heteroatoms. The van der Waals surface area contributed by atoms with Gasteiger partial charge < -0.3 is 15.2 Å². The van der Waals surface area contributed by atoms with Gasteiger partial charge in [0.1, 0.15) is 11.8 Å². The summed E-state index contributed by atoms with van der Waals surface area (Å²) in [6.45, 7) is -1.23. The predicted molar refractivity (Wildman–Crippen MR) is 76.5 cm³/mol. The highest BCUT2D eigenvalue weighted by Gasteiger charge is 2.23. The maximum Gasteiger partial charge on any atom is 0.387 e. The zero-order valence-corrected chi connectivity index (χ0v) is 12.6. The molecule has 0 aliphatic rings. The minimum atomic E-state index is -3.11. The summed E-state index contributed by atoms with van der Waals surface area (Å²) in [4.78, 5) is 23.2. The summed E-state index contributed by atoms with van der Waals surface area (Å²) in [5.41, 5.74) is -0.240. The van der Waals surface area contributed by atoms with E-state index < -0.39 is 24.5 Å². The highest BCUT2D eigenvalue weighted by atomic mass is 35.5. The van der Waals surface area contributed by atoms with E-state index in [1.165, 1.54) is 6.07 Å². The number of aliphatic carboxylic acids is 1. The number of amides is 1. The van der Waals surface area contributed by atoms with Crippen molar-refractivity contribution in [2.75, 3.05) is 0 Å². The van der Waals surface area contributed by atoms with Gasteiger partial charge in [-0.2, -0.15) is 8.78 Å². The normalized spacial score (nSPS) is 12.0. The van der Waals surface area contributed by atoms with E-state index in [0.717, 1.165) is 18.6 Å². The Labute approximate surface area is 131 Å². The smallest absolute Gasteiger partial charge is 0.387 e. The third-order valence-electron chi connectivity index (χ3n) is 2.85. The van der Waals surface area contributed by atoms with Gasteiger partial charge in [-0.05, 0) is 24.6 Å². The molecule has 0 spiro atoms. The number of halogens is 3. The zero-order valence-electron chi connectivity index (χ0n) is 11.8. The number of hydrogen-bond acceptors (Lipinski definition) is 3. The van der Waals surface area contributed by atoms with Crippen LogP contribution in [0.4, 0.5) is 8.78 Å². The molecule has 2 N–H and O–H groups in total. The zero-order chi connectivity index (χ0) is 16.7. The molecule has 0 fully saturated rings. The lowest BCUT2D eigenvalue weighted by atomic mass is 10.1. The maximum absolute atomic E-state index is 12.3.